The van der Waals surface area contributed by atoms with Gasteiger partial charge < -0.3 is 34.5 Å². The third-order valence-electron chi connectivity index (χ3n) is 8.69. The number of alkyl halides is 2. The van der Waals surface area contributed by atoms with Crippen molar-refractivity contribution >= 4 is 51.8 Å². The van der Waals surface area contributed by atoms with Crippen LogP contribution >= 0.6 is 11.6 Å². The predicted octanol–water partition coefficient (Wildman–Crippen LogP) is 5.38. The van der Waals surface area contributed by atoms with E-state index < -0.39 is 40.9 Å². The van der Waals surface area contributed by atoms with Crippen molar-refractivity contribution in [2.24, 2.45) is 17.8 Å². The number of amides is 2. The number of nitriles is 1. The van der Waals surface area contributed by atoms with Gasteiger partial charge in [0, 0.05) is 68.6 Å². The number of anilines is 3. The molecule has 2 saturated heterocycles. The number of nitrogens with zero attached hydrogens (tertiary/aromatic N) is 5. The van der Waals surface area contributed by atoms with Gasteiger partial charge in [-0.2, -0.15) is 5.26 Å². The molecule has 15 heteroatoms. The van der Waals surface area contributed by atoms with E-state index in [1.807, 2.05) is 0 Å². The summed E-state index contributed by atoms with van der Waals surface area (Å²) in [7, 11) is 1.46. The largest absolute Gasteiger partial charge is 0.478 e. The highest BCUT2D eigenvalue weighted by Gasteiger charge is 2.47. The predicted molar refractivity (Wildman–Crippen MR) is 182 cm³/mol. The second-order valence-corrected chi connectivity index (χ2v) is 14.1. The zero-order valence-corrected chi connectivity index (χ0v) is 29.0. The SMILES string of the molecule is CNC(=O)COc1cc2cc(Nc3nc(N4C[C@@H](C)C(F)(F)[C@@H](C)C4)c(C#N)cc3Cl)ccc2n(CC2CN(C(=O)OC(C)(C)C)C2)c1=O. The summed E-state index contributed by atoms with van der Waals surface area (Å²) in [6.07, 6.45) is -0.417. The maximum atomic E-state index is 14.6. The van der Waals surface area contributed by atoms with Crippen LogP contribution in [0.4, 0.5) is 30.9 Å². The smallest absolute Gasteiger partial charge is 0.410 e. The first kappa shape index (κ1) is 35.7. The number of carbonyl (C=O) groups is 2. The van der Waals surface area contributed by atoms with Gasteiger partial charge in [0.1, 0.15) is 17.5 Å². The molecule has 0 unspecified atom stereocenters. The molecule has 0 saturated carbocycles. The average molecular weight is 700 g/mol. The van der Waals surface area contributed by atoms with Crippen molar-refractivity contribution in [1.82, 2.24) is 19.8 Å². The van der Waals surface area contributed by atoms with E-state index in [-0.39, 0.29) is 60.1 Å². The lowest BCUT2D eigenvalue weighted by Crippen LogP contribution is -2.53. The van der Waals surface area contributed by atoms with Crippen LogP contribution in [0.25, 0.3) is 10.9 Å². The number of carbonyl (C=O) groups excluding carboxylic acids is 2. The van der Waals surface area contributed by atoms with Gasteiger partial charge in [0.2, 0.25) is 0 Å². The maximum absolute atomic E-state index is 14.6. The molecule has 0 bridgehead atoms. The Hall–Kier alpha value is -4.64. The lowest BCUT2D eigenvalue weighted by Gasteiger charge is -2.42. The highest BCUT2D eigenvalue weighted by molar-refractivity contribution is 6.33. The zero-order valence-electron chi connectivity index (χ0n) is 28.3. The Morgan fingerprint density at radius 3 is 2.41 bits per heavy atom. The zero-order chi connectivity index (χ0) is 35.8. The molecule has 2 fully saturated rings. The normalized spacial score (nSPS) is 19.2. The van der Waals surface area contributed by atoms with E-state index in [2.05, 4.69) is 21.7 Å². The van der Waals surface area contributed by atoms with E-state index in [9.17, 15) is 28.4 Å². The van der Waals surface area contributed by atoms with Gasteiger partial charge in [-0.3, -0.25) is 9.59 Å². The standard InChI is InChI=1S/C34H40ClF2N7O5/c1-19-13-42(14-20(2)34(19,36)37)30-23(12-38)10-25(35)29(41-30)40-24-7-8-26-22(9-24)11-27(48-18-28(45)39-6)31(46)44(26)17-21-15-43(16-21)32(47)49-33(3,4)5/h7-11,19-21H,13-18H2,1-6H3,(H,39,45)(H,40,41)/t19-,20+. The summed E-state index contributed by atoms with van der Waals surface area (Å²) in [4.78, 5) is 45.9. The Morgan fingerprint density at radius 2 is 1.80 bits per heavy atom. The number of likely N-dealkylation sites (tertiary alicyclic amines) is 1. The van der Waals surface area contributed by atoms with E-state index >= 15 is 0 Å². The first-order chi connectivity index (χ1) is 23.0. The topological polar surface area (TPSA) is 142 Å². The highest BCUT2D eigenvalue weighted by atomic mass is 35.5. The molecule has 2 N–H and O–H groups in total. The molecular weight excluding hydrogens is 660 g/mol. The third kappa shape index (κ3) is 7.67. The number of halogens is 3. The van der Waals surface area contributed by atoms with Crippen LogP contribution < -0.4 is 25.8 Å². The number of aromatic nitrogens is 2. The lowest BCUT2D eigenvalue weighted by molar-refractivity contribution is -0.122. The van der Waals surface area contributed by atoms with Gasteiger partial charge in [-0.05, 0) is 51.1 Å². The minimum atomic E-state index is -2.85. The van der Waals surface area contributed by atoms with Crippen molar-refractivity contribution < 1.29 is 27.8 Å². The minimum absolute atomic E-state index is 0.0168. The quantitative estimate of drug-likeness (QED) is 0.317. The average Bonchev–Trinajstić information content (AvgIpc) is 3.00. The summed E-state index contributed by atoms with van der Waals surface area (Å²) in [5, 5.41) is 16.2. The summed E-state index contributed by atoms with van der Waals surface area (Å²) in [6, 6.07) is 10.3. The molecule has 4 heterocycles. The van der Waals surface area contributed by atoms with Gasteiger partial charge in [-0.15, -0.1) is 0 Å². The van der Waals surface area contributed by atoms with E-state index in [0.29, 0.717) is 29.7 Å². The van der Waals surface area contributed by atoms with Crippen LogP contribution in [-0.4, -0.2) is 77.8 Å². The fourth-order valence-electron chi connectivity index (χ4n) is 6.02. The molecule has 12 nitrogen and oxygen atoms in total. The number of benzene rings is 1. The molecule has 2 aliphatic heterocycles. The first-order valence-corrected chi connectivity index (χ1v) is 16.4. The van der Waals surface area contributed by atoms with Crippen molar-refractivity contribution in [3.05, 3.63) is 51.3 Å². The maximum Gasteiger partial charge on any atom is 0.410 e. The van der Waals surface area contributed by atoms with Gasteiger partial charge in [0.25, 0.3) is 17.4 Å². The molecular formula is C34H40ClF2N7O5. The van der Waals surface area contributed by atoms with E-state index in [1.54, 1.807) is 59.4 Å². The number of pyridine rings is 2. The highest BCUT2D eigenvalue weighted by Crippen LogP contribution is 2.40. The Labute approximate surface area is 287 Å². The van der Waals surface area contributed by atoms with Crippen molar-refractivity contribution in [1.29, 1.82) is 5.26 Å². The van der Waals surface area contributed by atoms with Gasteiger partial charge in [0.05, 0.1) is 16.1 Å². The second kappa shape index (κ2) is 13.7. The molecule has 0 aliphatic carbocycles. The number of fused-ring (bicyclic) bond motifs is 1. The van der Waals surface area contributed by atoms with Gasteiger partial charge in [0.15, 0.2) is 18.2 Å². The van der Waals surface area contributed by atoms with Crippen LogP contribution in [0.2, 0.25) is 5.02 Å². The Bertz CT molecular complexity index is 1850. The summed E-state index contributed by atoms with van der Waals surface area (Å²) < 4.78 is 41.8. The molecule has 0 radical (unpaired) electrons. The van der Waals surface area contributed by atoms with Crippen LogP contribution in [0.5, 0.6) is 5.75 Å². The Morgan fingerprint density at radius 1 is 1.12 bits per heavy atom. The summed E-state index contributed by atoms with van der Waals surface area (Å²) in [5.74, 6) is -4.74. The van der Waals surface area contributed by atoms with Crippen molar-refractivity contribution in [3.8, 4) is 11.8 Å². The number of nitrogens with one attached hydrogen (secondary N) is 2. The van der Waals surface area contributed by atoms with E-state index in [0.717, 1.165) is 0 Å². The lowest BCUT2D eigenvalue weighted by atomic mass is 9.87. The molecule has 3 aromatic rings. The number of hydrogen-bond acceptors (Lipinski definition) is 9. The molecule has 0 spiro atoms. The van der Waals surface area contributed by atoms with Gasteiger partial charge in [-0.25, -0.2) is 18.6 Å². The first-order valence-electron chi connectivity index (χ1n) is 16.0. The number of likely N-dealkylation sites (N-methyl/N-ethyl adjacent to an activating group) is 1. The Balaban J connectivity index is 1.45. The molecule has 1 aromatic carbocycles. The van der Waals surface area contributed by atoms with Crippen molar-refractivity contribution in [3.63, 3.8) is 0 Å². The molecule has 262 valence electrons. The monoisotopic (exact) mass is 699 g/mol. The summed E-state index contributed by atoms with van der Waals surface area (Å²) >= 11 is 6.54. The summed E-state index contributed by atoms with van der Waals surface area (Å²) in [6.45, 7) is 9.12. The van der Waals surface area contributed by atoms with Crippen LogP contribution in [0, 0.1) is 29.1 Å². The molecule has 2 atom stereocenters. The fraction of sp³-hybridized carbons (Fsp3) is 0.500. The van der Waals surface area contributed by atoms with E-state index in [4.69, 9.17) is 21.1 Å². The Kier molecular flexibility index (Phi) is 9.97. The number of piperidine rings is 1. The fourth-order valence-corrected chi connectivity index (χ4v) is 6.22. The molecule has 5 rings (SSSR count). The van der Waals surface area contributed by atoms with Crippen molar-refractivity contribution in [2.75, 3.05) is 50.1 Å². The molecule has 2 amide bonds. The van der Waals surface area contributed by atoms with Crippen LogP contribution in [0.1, 0.15) is 40.2 Å². The third-order valence-corrected chi connectivity index (χ3v) is 8.98. The molecule has 2 aromatic heterocycles. The number of rotatable bonds is 8. The van der Waals surface area contributed by atoms with Gasteiger partial charge >= 0.3 is 6.09 Å². The number of ether oxygens (including phenoxy) is 2. The second-order valence-electron chi connectivity index (χ2n) is 13.7. The van der Waals surface area contributed by atoms with Crippen molar-refractivity contribution in [2.45, 2.75) is 52.7 Å². The van der Waals surface area contributed by atoms with Crippen LogP contribution in [0.15, 0.2) is 35.1 Å². The molecule has 49 heavy (non-hydrogen) atoms. The molecule has 2 aliphatic rings. The number of hydrogen-bond donors (Lipinski definition) is 2. The van der Waals surface area contributed by atoms with E-state index in [1.165, 1.54) is 27.0 Å². The van der Waals surface area contributed by atoms with Crippen LogP contribution in [0.3, 0.4) is 0 Å². The van der Waals surface area contributed by atoms with Crippen LogP contribution in [-0.2, 0) is 16.1 Å². The van der Waals surface area contributed by atoms with Gasteiger partial charge in [-0.1, -0.05) is 25.4 Å². The summed E-state index contributed by atoms with van der Waals surface area (Å²) in [5.41, 5.74) is 0.243. The minimum Gasteiger partial charge on any atom is -0.478 e.